The van der Waals surface area contributed by atoms with Gasteiger partial charge in [-0.1, -0.05) is 0 Å². The largest absolute Gasteiger partial charge is 0.494 e. The number of H-pyrrole nitrogens is 1. The van der Waals surface area contributed by atoms with E-state index in [4.69, 9.17) is 15.2 Å². The minimum absolute atomic E-state index is 0.0232. The Bertz CT molecular complexity index is 1250. The van der Waals surface area contributed by atoms with Gasteiger partial charge in [0.25, 0.3) is 6.43 Å². The second kappa shape index (κ2) is 8.00. The van der Waals surface area contributed by atoms with Crippen LogP contribution >= 0.6 is 0 Å². The third-order valence-corrected chi connectivity index (χ3v) is 5.02. The number of imidazole rings is 1. The highest BCUT2D eigenvalue weighted by molar-refractivity contribution is 5.87. The lowest BCUT2D eigenvalue weighted by atomic mass is 10.2. The Balaban J connectivity index is 1.77. The van der Waals surface area contributed by atoms with Crippen LogP contribution in [0.1, 0.15) is 12.2 Å². The Hall–Kier alpha value is -3.87. The molecule has 3 aromatic heterocycles. The number of rotatable bonds is 5. The minimum atomic E-state index is -2.90. The minimum Gasteiger partial charge on any atom is -0.494 e. The maximum atomic E-state index is 14.0. The summed E-state index contributed by atoms with van der Waals surface area (Å²) in [6, 6.07) is 4.74. The Kier molecular flexibility index (Phi) is 5.01. The lowest BCUT2D eigenvalue weighted by Crippen LogP contribution is -2.37. The average Bonchev–Trinajstić information content (AvgIpc) is 3.47. The number of aromatic amines is 1. The van der Waals surface area contributed by atoms with Gasteiger partial charge in [0.2, 0.25) is 11.9 Å². The van der Waals surface area contributed by atoms with Crippen molar-refractivity contribution in [1.82, 2.24) is 34.7 Å². The van der Waals surface area contributed by atoms with Gasteiger partial charge in [0, 0.05) is 31.0 Å². The van der Waals surface area contributed by atoms with Crippen molar-refractivity contribution in [1.29, 1.82) is 0 Å². The number of ether oxygens (including phenoxy) is 2. The number of morpholine rings is 1. The summed E-state index contributed by atoms with van der Waals surface area (Å²) in [6.45, 7) is 2.11. The van der Waals surface area contributed by atoms with Gasteiger partial charge in [-0.3, -0.25) is 9.67 Å². The second-order valence-electron chi connectivity index (χ2n) is 7.01. The highest BCUT2D eigenvalue weighted by atomic mass is 19.3. The van der Waals surface area contributed by atoms with E-state index in [-0.39, 0.29) is 23.0 Å². The fraction of sp³-hybridized carbons (Fsp3) is 0.316. The number of anilines is 2. The standard InChI is InChI=1S/C19H19F2N9O2/c1-31-13-9-10(22)8-12-14(13)24-17(15(20)21)30(12)19-26-16(11-2-3-23-28-11)25-18(27-19)29-4-6-32-7-5-29/h2-3,8-9,15H,4-7,22H2,1H3,(H,23,28). The van der Waals surface area contributed by atoms with Gasteiger partial charge in [-0.2, -0.15) is 20.1 Å². The van der Waals surface area contributed by atoms with E-state index < -0.39 is 12.2 Å². The van der Waals surface area contributed by atoms with Crippen LogP contribution in [0, 0.1) is 0 Å². The molecule has 13 heteroatoms. The monoisotopic (exact) mass is 443 g/mol. The lowest BCUT2D eigenvalue weighted by molar-refractivity contribution is 0.122. The molecule has 0 radical (unpaired) electrons. The maximum Gasteiger partial charge on any atom is 0.296 e. The van der Waals surface area contributed by atoms with Crippen LogP contribution in [-0.2, 0) is 4.74 Å². The molecule has 1 aromatic carbocycles. The number of methoxy groups -OCH3 is 1. The van der Waals surface area contributed by atoms with E-state index in [2.05, 4.69) is 30.1 Å². The van der Waals surface area contributed by atoms with Gasteiger partial charge in [-0.05, 0) is 12.1 Å². The first-order valence-corrected chi connectivity index (χ1v) is 9.78. The molecular weight excluding hydrogens is 424 g/mol. The molecule has 3 N–H and O–H groups in total. The van der Waals surface area contributed by atoms with Crippen molar-refractivity contribution in [2.24, 2.45) is 0 Å². The van der Waals surface area contributed by atoms with Gasteiger partial charge in [0.1, 0.15) is 17.0 Å². The summed E-state index contributed by atoms with van der Waals surface area (Å²) < 4.78 is 40.0. The summed E-state index contributed by atoms with van der Waals surface area (Å²) in [5, 5.41) is 6.83. The summed E-state index contributed by atoms with van der Waals surface area (Å²) in [7, 11) is 1.42. The van der Waals surface area contributed by atoms with Crippen molar-refractivity contribution in [3.8, 4) is 23.2 Å². The van der Waals surface area contributed by atoms with E-state index in [0.717, 1.165) is 0 Å². The van der Waals surface area contributed by atoms with E-state index in [1.807, 2.05) is 4.90 Å². The Morgan fingerprint density at radius 2 is 1.91 bits per heavy atom. The Morgan fingerprint density at radius 3 is 2.59 bits per heavy atom. The van der Waals surface area contributed by atoms with Gasteiger partial charge >= 0.3 is 0 Å². The zero-order valence-electron chi connectivity index (χ0n) is 17.0. The van der Waals surface area contributed by atoms with Crippen LogP contribution in [0.5, 0.6) is 5.75 Å². The van der Waals surface area contributed by atoms with Crippen molar-refractivity contribution in [2.75, 3.05) is 44.0 Å². The first-order valence-electron chi connectivity index (χ1n) is 9.78. The number of halogens is 2. The fourth-order valence-corrected chi connectivity index (χ4v) is 3.55. The molecule has 0 amide bonds. The summed E-state index contributed by atoms with van der Waals surface area (Å²) in [5.41, 5.74) is 7.29. The van der Waals surface area contributed by atoms with Crippen LogP contribution in [0.2, 0.25) is 0 Å². The number of nitrogens with two attached hydrogens (primary N) is 1. The summed E-state index contributed by atoms with van der Waals surface area (Å²) >= 11 is 0. The summed E-state index contributed by atoms with van der Waals surface area (Å²) in [4.78, 5) is 19.5. The van der Waals surface area contributed by atoms with Crippen LogP contribution < -0.4 is 15.4 Å². The molecule has 5 rings (SSSR count). The van der Waals surface area contributed by atoms with Crippen LogP contribution in [0.3, 0.4) is 0 Å². The smallest absolute Gasteiger partial charge is 0.296 e. The molecule has 0 bridgehead atoms. The maximum absolute atomic E-state index is 14.0. The van der Waals surface area contributed by atoms with E-state index >= 15 is 0 Å². The van der Waals surface area contributed by atoms with E-state index in [1.165, 1.54) is 23.8 Å². The van der Waals surface area contributed by atoms with Gasteiger partial charge in [0.05, 0.1) is 25.8 Å². The van der Waals surface area contributed by atoms with Crippen molar-refractivity contribution < 1.29 is 18.3 Å². The van der Waals surface area contributed by atoms with Crippen LogP contribution in [0.15, 0.2) is 24.4 Å². The van der Waals surface area contributed by atoms with Crippen molar-refractivity contribution >= 4 is 22.7 Å². The zero-order chi connectivity index (χ0) is 22.2. The number of nitrogens with zero attached hydrogens (tertiary/aromatic N) is 7. The molecule has 0 saturated carbocycles. The lowest BCUT2D eigenvalue weighted by Gasteiger charge is -2.27. The van der Waals surface area contributed by atoms with Crippen molar-refractivity contribution in [2.45, 2.75) is 6.43 Å². The van der Waals surface area contributed by atoms with Crippen molar-refractivity contribution in [3.05, 3.63) is 30.2 Å². The molecule has 11 nitrogen and oxygen atoms in total. The van der Waals surface area contributed by atoms with Crippen LogP contribution in [0.4, 0.5) is 20.4 Å². The van der Waals surface area contributed by atoms with Gasteiger partial charge in [-0.15, -0.1) is 0 Å². The molecule has 0 aliphatic carbocycles. The number of benzene rings is 1. The predicted molar refractivity (Wildman–Crippen MR) is 111 cm³/mol. The third kappa shape index (κ3) is 3.45. The molecule has 166 valence electrons. The number of aromatic nitrogens is 7. The molecule has 32 heavy (non-hydrogen) atoms. The first-order chi connectivity index (χ1) is 15.5. The molecular formula is C19H19F2N9O2. The number of hydrogen-bond acceptors (Lipinski definition) is 9. The van der Waals surface area contributed by atoms with Gasteiger partial charge < -0.3 is 20.1 Å². The van der Waals surface area contributed by atoms with Gasteiger partial charge in [0.15, 0.2) is 11.6 Å². The number of nitrogens with one attached hydrogen (secondary N) is 1. The molecule has 1 aliphatic heterocycles. The molecule has 1 aliphatic rings. The molecule has 0 spiro atoms. The van der Waals surface area contributed by atoms with E-state index in [1.54, 1.807) is 12.3 Å². The molecule has 4 aromatic rings. The zero-order valence-corrected chi connectivity index (χ0v) is 17.0. The summed E-state index contributed by atoms with van der Waals surface area (Å²) in [6.07, 6.45) is -1.28. The van der Waals surface area contributed by atoms with Crippen LogP contribution in [0.25, 0.3) is 28.5 Å². The summed E-state index contributed by atoms with van der Waals surface area (Å²) in [5.74, 6) is 0.279. The molecule has 0 atom stereocenters. The number of fused-ring (bicyclic) bond motifs is 1. The van der Waals surface area contributed by atoms with Crippen molar-refractivity contribution in [3.63, 3.8) is 0 Å². The highest BCUT2D eigenvalue weighted by Crippen LogP contribution is 2.34. The molecule has 1 saturated heterocycles. The topological polar surface area (TPSA) is 133 Å². The SMILES string of the molecule is COc1cc(N)cc2c1nc(C(F)F)n2-c1nc(-c2cc[nH]n2)nc(N2CCOCC2)n1. The second-order valence-corrected chi connectivity index (χ2v) is 7.01. The number of alkyl halides is 2. The molecule has 4 heterocycles. The van der Waals surface area contributed by atoms with Gasteiger partial charge in [-0.25, -0.2) is 13.8 Å². The predicted octanol–water partition coefficient (Wildman–Crippen LogP) is 1.97. The molecule has 1 fully saturated rings. The Labute approximate surface area is 180 Å². The normalized spacial score (nSPS) is 14.4. The molecule has 0 unspecified atom stereocenters. The Morgan fingerprint density at radius 1 is 1.12 bits per heavy atom. The quantitative estimate of drug-likeness (QED) is 0.444. The third-order valence-electron chi connectivity index (χ3n) is 5.02. The van der Waals surface area contributed by atoms with Crippen LogP contribution in [-0.4, -0.2) is 68.1 Å². The average molecular weight is 443 g/mol. The number of nitrogen functional groups attached to an aromatic ring is 1. The number of hydrogen-bond donors (Lipinski definition) is 2. The van der Waals surface area contributed by atoms with E-state index in [9.17, 15) is 8.78 Å². The first kappa shape index (κ1) is 20.1. The fourth-order valence-electron chi connectivity index (χ4n) is 3.55. The highest BCUT2D eigenvalue weighted by Gasteiger charge is 2.26. The van der Waals surface area contributed by atoms with E-state index in [0.29, 0.717) is 49.1 Å².